The number of nitrogens with one attached hydrogen (secondary N) is 2. The van der Waals surface area contributed by atoms with Crippen molar-refractivity contribution in [2.45, 2.75) is 20.8 Å². The molecule has 0 aliphatic heterocycles. The summed E-state index contributed by atoms with van der Waals surface area (Å²) in [7, 11) is 0. The molecule has 0 aromatic carbocycles. The maximum absolute atomic E-state index is 12.0. The van der Waals surface area contributed by atoms with Gasteiger partial charge in [0.2, 0.25) is 0 Å². The number of anilines is 1. The molecule has 0 saturated heterocycles. The molecule has 1 heterocycles. The van der Waals surface area contributed by atoms with Gasteiger partial charge in [0.05, 0.1) is 17.9 Å². The first-order chi connectivity index (χ1) is 9.15. The first kappa shape index (κ1) is 15.4. The fourth-order valence-electron chi connectivity index (χ4n) is 1.57. The molecular formula is C14H23N3O2. The maximum atomic E-state index is 12.0. The minimum absolute atomic E-state index is 0.128. The molecule has 5 nitrogen and oxygen atoms in total. The van der Waals surface area contributed by atoms with E-state index in [1.165, 1.54) is 0 Å². The minimum Gasteiger partial charge on any atom is -0.385 e. The summed E-state index contributed by atoms with van der Waals surface area (Å²) in [5.74, 6) is 0.381. The molecule has 0 atom stereocenters. The molecule has 0 aliphatic carbocycles. The third kappa shape index (κ3) is 5.70. The van der Waals surface area contributed by atoms with Crippen molar-refractivity contribution in [2.24, 2.45) is 5.92 Å². The third-order valence-corrected chi connectivity index (χ3v) is 2.42. The maximum Gasteiger partial charge on any atom is 0.255 e. The smallest absolute Gasteiger partial charge is 0.255 e. The normalized spacial score (nSPS) is 10.5. The molecule has 0 bridgehead atoms. The van der Waals surface area contributed by atoms with Crippen LogP contribution in [0.2, 0.25) is 0 Å². The molecule has 0 saturated carbocycles. The van der Waals surface area contributed by atoms with Crippen LogP contribution in [-0.2, 0) is 4.74 Å². The zero-order chi connectivity index (χ0) is 14.1. The highest BCUT2D eigenvalue weighted by Crippen LogP contribution is 2.12. The van der Waals surface area contributed by atoms with Gasteiger partial charge in [-0.25, -0.2) is 0 Å². The SMILES string of the molecule is CCNc1ccncc1C(=O)NCCOCC(C)C. The second-order valence-electron chi connectivity index (χ2n) is 4.68. The molecule has 0 unspecified atom stereocenters. The fraction of sp³-hybridized carbons (Fsp3) is 0.571. The van der Waals surface area contributed by atoms with Gasteiger partial charge in [0.15, 0.2) is 0 Å². The van der Waals surface area contributed by atoms with Crippen molar-refractivity contribution in [1.82, 2.24) is 10.3 Å². The highest BCUT2D eigenvalue weighted by molar-refractivity contribution is 5.99. The Morgan fingerprint density at radius 2 is 2.26 bits per heavy atom. The molecule has 1 rings (SSSR count). The van der Waals surface area contributed by atoms with Crippen molar-refractivity contribution in [3.63, 3.8) is 0 Å². The minimum atomic E-state index is -0.128. The van der Waals surface area contributed by atoms with Gasteiger partial charge in [-0.05, 0) is 18.9 Å². The Labute approximate surface area is 114 Å². The Balaban J connectivity index is 2.41. The van der Waals surface area contributed by atoms with Crippen molar-refractivity contribution in [3.8, 4) is 0 Å². The second kappa shape index (κ2) is 8.48. The quantitative estimate of drug-likeness (QED) is 0.705. The summed E-state index contributed by atoms with van der Waals surface area (Å²) in [6.07, 6.45) is 3.24. The Kier molecular flexibility index (Phi) is 6.89. The van der Waals surface area contributed by atoms with Crippen LogP contribution >= 0.6 is 0 Å². The van der Waals surface area contributed by atoms with E-state index < -0.39 is 0 Å². The van der Waals surface area contributed by atoms with Gasteiger partial charge >= 0.3 is 0 Å². The van der Waals surface area contributed by atoms with Crippen LogP contribution in [0.4, 0.5) is 5.69 Å². The summed E-state index contributed by atoms with van der Waals surface area (Å²) >= 11 is 0. The van der Waals surface area contributed by atoms with Gasteiger partial charge < -0.3 is 15.4 Å². The molecule has 5 heteroatoms. The topological polar surface area (TPSA) is 63.2 Å². The average molecular weight is 265 g/mol. The molecule has 0 fully saturated rings. The van der Waals surface area contributed by atoms with Gasteiger partial charge in [0, 0.05) is 32.1 Å². The highest BCUT2D eigenvalue weighted by atomic mass is 16.5. The van der Waals surface area contributed by atoms with Gasteiger partial charge in [-0.2, -0.15) is 0 Å². The van der Waals surface area contributed by atoms with Gasteiger partial charge in [0.25, 0.3) is 5.91 Å². The van der Waals surface area contributed by atoms with Crippen molar-refractivity contribution < 1.29 is 9.53 Å². The van der Waals surface area contributed by atoms with Gasteiger partial charge in [0.1, 0.15) is 0 Å². The van der Waals surface area contributed by atoms with Gasteiger partial charge in [-0.15, -0.1) is 0 Å². The first-order valence-electron chi connectivity index (χ1n) is 6.69. The number of ether oxygens (including phenoxy) is 1. The monoisotopic (exact) mass is 265 g/mol. The number of amides is 1. The van der Waals surface area contributed by atoms with Crippen LogP contribution in [0.15, 0.2) is 18.5 Å². The summed E-state index contributed by atoms with van der Waals surface area (Å²) in [4.78, 5) is 16.0. The largest absolute Gasteiger partial charge is 0.385 e. The predicted molar refractivity (Wildman–Crippen MR) is 76.4 cm³/mol. The number of hydrogen-bond acceptors (Lipinski definition) is 4. The van der Waals surface area contributed by atoms with E-state index in [1.807, 2.05) is 6.92 Å². The molecule has 2 N–H and O–H groups in total. The third-order valence-electron chi connectivity index (χ3n) is 2.42. The van der Waals surface area contributed by atoms with Crippen LogP contribution in [0.5, 0.6) is 0 Å². The summed E-state index contributed by atoms with van der Waals surface area (Å²) in [5, 5.41) is 5.97. The second-order valence-corrected chi connectivity index (χ2v) is 4.68. The lowest BCUT2D eigenvalue weighted by molar-refractivity contribution is 0.0886. The van der Waals surface area contributed by atoms with E-state index in [0.717, 1.165) is 12.2 Å². The zero-order valence-electron chi connectivity index (χ0n) is 11.9. The molecular weight excluding hydrogens is 242 g/mol. The number of carbonyl (C=O) groups excluding carboxylic acids is 1. The summed E-state index contributed by atoms with van der Waals surface area (Å²) in [5.41, 5.74) is 1.37. The molecule has 1 amide bonds. The van der Waals surface area contributed by atoms with Crippen molar-refractivity contribution in [1.29, 1.82) is 0 Å². The molecule has 1 aromatic rings. The summed E-state index contributed by atoms with van der Waals surface area (Å²) in [6.45, 7) is 8.69. The number of hydrogen-bond donors (Lipinski definition) is 2. The van der Waals surface area contributed by atoms with Crippen LogP contribution in [0.25, 0.3) is 0 Å². The van der Waals surface area contributed by atoms with Crippen LogP contribution in [0.3, 0.4) is 0 Å². The van der Waals surface area contributed by atoms with E-state index in [9.17, 15) is 4.79 Å². The lowest BCUT2D eigenvalue weighted by Crippen LogP contribution is -2.28. The van der Waals surface area contributed by atoms with E-state index in [-0.39, 0.29) is 5.91 Å². The lowest BCUT2D eigenvalue weighted by atomic mass is 10.2. The number of carbonyl (C=O) groups is 1. The standard InChI is InChI=1S/C14H23N3O2/c1-4-16-13-5-6-15-9-12(13)14(18)17-7-8-19-10-11(2)3/h5-6,9,11H,4,7-8,10H2,1-3H3,(H,15,16)(H,17,18). The van der Waals surface area contributed by atoms with E-state index >= 15 is 0 Å². The number of aromatic nitrogens is 1. The zero-order valence-corrected chi connectivity index (χ0v) is 11.9. The van der Waals surface area contributed by atoms with E-state index in [4.69, 9.17) is 4.74 Å². The van der Waals surface area contributed by atoms with Crippen molar-refractivity contribution in [3.05, 3.63) is 24.0 Å². The number of rotatable bonds is 8. The molecule has 0 spiro atoms. The fourth-order valence-corrected chi connectivity index (χ4v) is 1.57. The Morgan fingerprint density at radius 3 is 2.95 bits per heavy atom. The van der Waals surface area contributed by atoms with Crippen molar-refractivity contribution >= 4 is 11.6 Å². The van der Waals surface area contributed by atoms with Crippen LogP contribution < -0.4 is 10.6 Å². The summed E-state index contributed by atoms with van der Waals surface area (Å²) < 4.78 is 5.41. The average Bonchev–Trinajstić information content (AvgIpc) is 2.39. The first-order valence-corrected chi connectivity index (χ1v) is 6.69. The number of nitrogens with zero attached hydrogens (tertiary/aromatic N) is 1. The van der Waals surface area contributed by atoms with E-state index in [1.54, 1.807) is 18.5 Å². The molecule has 106 valence electrons. The molecule has 0 radical (unpaired) electrons. The molecule has 19 heavy (non-hydrogen) atoms. The number of pyridine rings is 1. The van der Waals surface area contributed by atoms with Gasteiger partial charge in [-0.1, -0.05) is 13.8 Å². The predicted octanol–water partition coefficient (Wildman–Crippen LogP) is 1.92. The van der Waals surface area contributed by atoms with E-state index in [2.05, 4.69) is 29.5 Å². The lowest BCUT2D eigenvalue weighted by Gasteiger charge is -2.11. The molecule has 1 aromatic heterocycles. The summed E-state index contributed by atoms with van der Waals surface area (Å²) in [6, 6.07) is 1.80. The Bertz CT molecular complexity index is 394. The Morgan fingerprint density at radius 1 is 1.47 bits per heavy atom. The van der Waals surface area contributed by atoms with Gasteiger partial charge in [-0.3, -0.25) is 9.78 Å². The molecule has 0 aliphatic rings. The van der Waals surface area contributed by atoms with Crippen molar-refractivity contribution in [2.75, 3.05) is 31.6 Å². The highest BCUT2D eigenvalue weighted by Gasteiger charge is 2.10. The van der Waals surface area contributed by atoms with E-state index in [0.29, 0.717) is 31.2 Å². The van der Waals surface area contributed by atoms with Crippen LogP contribution in [0, 0.1) is 5.92 Å². The van der Waals surface area contributed by atoms with Crippen LogP contribution in [-0.4, -0.2) is 37.2 Å². The Hall–Kier alpha value is -1.62. The van der Waals surface area contributed by atoms with Crippen LogP contribution in [0.1, 0.15) is 31.1 Å².